The molecule has 2 N–H and O–H groups in total. The van der Waals surface area contributed by atoms with Crippen molar-refractivity contribution < 1.29 is 13.9 Å². The summed E-state index contributed by atoms with van der Waals surface area (Å²) in [6.45, 7) is 5.41. The van der Waals surface area contributed by atoms with Gasteiger partial charge in [0, 0.05) is 60.8 Å². The Labute approximate surface area is 241 Å². The Kier molecular flexibility index (Phi) is 6.45. The molecule has 3 aliphatic rings. The summed E-state index contributed by atoms with van der Waals surface area (Å²) in [6.07, 6.45) is 2.80. The van der Waals surface area contributed by atoms with Crippen LogP contribution in [0.1, 0.15) is 32.0 Å². The number of nitrogens with one attached hydrogen (secondary N) is 1. The lowest BCUT2D eigenvalue weighted by molar-refractivity contribution is 0.255. The highest BCUT2D eigenvalue weighted by Gasteiger charge is 2.47. The van der Waals surface area contributed by atoms with Gasteiger partial charge in [-0.2, -0.15) is 0 Å². The van der Waals surface area contributed by atoms with Crippen LogP contribution in [0.5, 0.6) is 5.75 Å². The van der Waals surface area contributed by atoms with Gasteiger partial charge in [0.25, 0.3) is 0 Å². The van der Waals surface area contributed by atoms with Crippen LogP contribution in [-0.4, -0.2) is 75.4 Å². The highest BCUT2D eigenvalue weighted by Crippen LogP contribution is 2.41. The van der Waals surface area contributed by atoms with Crippen LogP contribution in [-0.2, 0) is 0 Å². The molecule has 0 aliphatic carbocycles. The zero-order valence-electron chi connectivity index (χ0n) is 22.6. The molecule has 0 spiro atoms. The van der Waals surface area contributed by atoms with Gasteiger partial charge in [-0.05, 0) is 55.8 Å². The van der Waals surface area contributed by atoms with Crippen LogP contribution in [0, 0.1) is 17.7 Å². The highest BCUT2D eigenvalue weighted by atomic mass is 35.5. The third kappa shape index (κ3) is 4.55. The van der Waals surface area contributed by atoms with Crippen LogP contribution in [0.25, 0.3) is 32.9 Å². The van der Waals surface area contributed by atoms with Crippen LogP contribution >= 0.6 is 11.6 Å². The molecule has 2 aromatic heterocycles. The van der Waals surface area contributed by atoms with E-state index in [1.807, 2.05) is 0 Å². The summed E-state index contributed by atoms with van der Waals surface area (Å²) in [4.78, 5) is 18.1. The molecule has 41 heavy (non-hydrogen) atoms. The number of hydrogen-bond donors (Lipinski definition) is 2. The van der Waals surface area contributed by atoms with Crippen molar-refractivity contribution in [3.8, 4) is 28.8 Å². The van der Waals surface area contributed by atoms with Crippen LogP contribution < -0.4 is 10.2 Å². The van der Waals surface area contributed by atoms with Crippen LogP contribution in [0.15, 0.2) is 36.5 Å². The lowest BCUT2D eigenvalue weighted by Gasteiger charge is -2.33. The Balaban J connectivity index is 1.42. The second kappa shape index (κ2) is 10.1. The van der Waals surface area contributed by atoms with Crippen molar-refractivity contribution >= 4 is 39.1 Å². The molecule has 0 saturated carbocycles. The van der Waals surface area contributed by atoms with Crippen LogP contribution in [0.3, 0.4) is 0 Å². The van der Waals surface area contributed by atoms with E-state index in [0.717, 1.165) is 25.9 Å². The van der Waals surface area contributed by atoms with Gasteiger partial charge in [0.1, 0.15) is 28.9 Å². The summed E-state index contributed by atoms with van der Waals surface area (Å²) in [5.41, 5.74) is -0.0373. The quantitative estimate of drug-likeness (QED) is 0.324. The fraction of sp³-hybridized carbons (Fsp3) is 0.387. The average Bonchev–Trinajstić information content (AvgIpc) is 3.47. The lowest BCUT2D eigenvalue weighted by Crippen LogP contribution is -2.49. The van der Waals surface area contributed by atoms with Gasteiger partial charge >= 0.3 is 0 Å². The van der Waals surface area contributed by atoms with Crippen molar-refractivity contribution in [2.75, 3.05) is 37.6 Å². The van der Waals surface area contributed by atoms with Crippen LogP contribution in [0.2, 0.25) is 5.02 Å². The molecule has 0 unspecified atom stereocenters. The second-order valence-electron chi connectivity index (χ2n) is 11.3. The summed E-state index contributed by atoms with van der Waals surface area (Å²) < 4.78 is 30.9. The predicted octanol–water partition coefficient (Wildman–Crippen LogP) is 5.07. The minimum Gasteiger partial charge on any atom is -0.508 e. The predicted molar refractivity (Wildman–Crippen MR) is 157 cm³/mol. The normalized spacial score (nSPS) is 24.5. The van der Waals surface area contributed by atoms with E-state index in [1.165, 1.54) is 6.07 Å². The van der Waals surface area contributed by atoms with Crippen LogP contribution in [0.4, 0.5) is 14.6 Å². The van der Waals surface area contributed by atoms with Gasteiger partial charge in [-0.1, -0.05) is 29.7 Å². The number of fused-ring (bicyclic) bond motifs is 3. The Morgan fingerprint density at radius 1 is 1.20 bits per heavy atom. The Morgan fingerprint density at radius 3 is 2.93 bits per heavy atom. The topological polar surface area (TPSA) is 77.4 Å². The maximum Gasteiger partial charge on any atom is 0.207 e. The molecule has 7 nitrogen and oxygen atoms in total. The highest BCUT2D eigenvalue weighted by molar-refractivity contribution is 6.36. The number of alkyl halides is 1. The minimum atomic E-state index is -0.907. The molecule has 0 amide bonds. The number of pyridine rings is 1. The first-order chi connectivity index (χ1) is 19.8. The van der Waals surface area contributed by atoms with Gasteiger partial charge in [0.2, 0.25) is 5.82 Å². The number of phenolic OH excluding ortho intramolecular Hbond substituents is 1. The monoisotopic (exact) mass is 574 g/mol. The molecular weight excluding hydrogens is 546 g/mol. The number of hydrogen-bond acceptors (Lipinski definition) is 7. The van der Waals surface area contributed by atoms with Crippen molar-refractivity contribution in [2.45, 2.75) is 43.9 Å². The fourth-order valence-corrected chi connectivity index (χ4v) is 6.95. The fourth-order valence-electron chi connectivity index (χ4n) is 6.67. The largest absolute Gasteiger partial charge is 0.508 e. The summed E-state index contributed by atoms with van der Waals surface area (Å²) in [7, 11) is 0. The summed E-state index contributed by atoms with van der Waals surface area (Å²) in [5.74, 6) is 6.51. The maximum absolute atomic E-state index is 16.5. The molecule has 7 rings (SSSR count). The number of rotatable bonds is 2. The first-order valence-electron chi connectivity index (χ1n) is 14.0. The zero-order valence-corrected chi connectivity index (χ0v) is 23.3. The second-order valence-corrected chi connectivity index (χ2v) is 11.7. The molecule has 3 atom stereocenters. The van der Waals surface area contributed by atoms with Crippen molar-refractivity contribution in [2.24, 2.45) is 0 Å². The Hall–Kier alpha value is -3.58. The molecule has 2 aromatic carbocycles. The number of benzene rings is 2. The molecule has 4 aromatic rings. The number of aromatic nitrogens is 3. The van der Waals surface area contributed by atoms with E-state index >= 15 is 4.39 Å². The number of nitrogens with zero attached hydrogens (tertiary/aromatic N) is 5. The van der Waals surface area contributed by atoms with Crippen molar-refractivity contribution in [1.82, 2.24) is 25.2 Å². The van der Waals surface area contributed by atoms with Gasteiger partial charge in [-0.25, -0.2) is 18.7 Å². The zero-order chi connectivity index (χ0) is 28.3. The van der Waals surface area contributed by atoms with E-state index in [2.05, 4.69) is 43.8 Å². The number of aromatic hydroxyl groups is 1. The van der Waals surface area contributed by atoms with Crippen molar-refractivity contribution in [3.63, 3.8) is 0 Å². The van der Waals surface area contributed by atoms with E-state index in [0.29, 0.717) is 58.6 Å². The van der Waals surface area contributed by atoms with E-state index < -0.39 is 17.5 Å². The Morgan fingerprint density at radius 2 is 2.07 bits per heavy atom. The standard InChI is InChI=1S/C31H29ClF2N6O/c1-18-16-39(11-9-35-18)30-23-15-36-28(22-13-21(41)12-19-4-2-5-24(32)26(19)22)27(34)29(23)37-25(38-30)6-8-31-7-3-10-40(31)17-20(33)14-31/h2,4-5,12-13,15,18,20,35,41H,3,7,9-11,14,16-17H2,1H3/t18-,20+,31+/m0/s1. The number of anilines is 1. The van der Waals surface area contributed by atoms with Gasteiger partial charge in [0.15, 0.2) is 5.82 Å². The van der Waals surface area contributed by atoms with Gasteiger partial charge in [0.05, 0.1) is 10.9 Å². The van der Waals surface area contributed by atoms with E-state index in [-0.39, 0.29) is 28.8 Å². The third-order valence-electron chi connectivity index (χ3n) is 8.51. The molecular formula is C31H29ClF2N6O. The number of phenols is 1. The molecule has 3 saturated heterocycles. The summed E-state index contributed by atoms with van der Waals surface area (Å²) >= 11 is 6.54. The van der Waals surface area contributed by atoms with E-state index in [1.54, 1.807) is 30.5 Å². The number of halogens is 3. The smallest absolute Gasteiger partial charge is 0.207 e. The average molecular weight is 575 g/mol. The maximum atomic E-state index is 16.5. The van der Waals surface area contributed by atoms with E-state index in [4.69, 9.17) is 16.6 Å². The van der Waals surface area contributed by atoms with Crippen molar-refractivity contribution in [3.05, 3.63) is 53.2 Å². The molecule has 3 aliphatic heterocycles. The first kappa shape index (κ1) is 26.3. The molecule has 10 heteroatoms. The van der Waals surface area contributed by atoms with Gasteiger partial charge in [-0.3, -0.25) is 9.88 Å². The minimum absolute atomic E-state index is 0.0242. The van der Waals surface area contributed by atoms with E-state index in [9.17, 15) is 9.50 Å². The lowest BCUT2D eigenvalue weighted by atomic mass is 9.94. The first-order valence-corrected chi connectivity index (χ1v) is 14.4. The van der Waals surface area contributed by atoms with Crippen molar-refractivity contribution in [1.29, 1.82) is 0 Å². The molecule has 5 heterocycles. The molecule has 0 bridgehead atoms. The summed E-state index contributed by atoms with van der Waals surface area (Å²) in [6, 6.07) is 8.57. The van der Waals surface area contributed by atoms with Gasteiger partial charge in [-0.15, -0.1) is 0 Å². The molecule has 3 fully saturated rings. The number of piperazine rings is 1. The Bertz CT molecular complexity index is 1760. The van der Waals surface area contributed by atoms with Gasteiger partial charge < -0.3 is 15.3 Å². The summed E-state index contributed by atoms with van der Waals surface area (Å²) in [5, 5.41) is 16.0. The third-order valence-corrected chi connectivity index (χ3v) is 8.82. The molecule has 210 valence electrons. The SMILES string of the molecule is C[C@H]1CN(c2nc(C#C[C@@]34CCCN3C[C@H](F)C4)nc3c(F)c(-c4cc(O)cc5cccc(Cl)c45)ncc23)CCN1. The molecule has 0 radical (unpaired) electrons.